The van der Waals surface area contributed by atoms with E-state index in [0.717, 1.165) is 6.07 Å². The highest BCUT2D eigenvalue weighted by Gasteiger charge is 2.20. The van der Waals surface area contributed by atoms with Crippen LogP contribution in [0.5, 0.6) is 11.5 Å². The fourth-order valence-electron chi connectivity index (χ4n) is 1.59. The lowest BCUT2D eigenvalue weighted by atomic mass is 9.96. The maximum atomic E-state index is 13.6. The second-order valence-corrected chi connectivity index (χ2v) is 3.54. The quantitative estimate of drug-likeness (QED) is 0.828. The maximum absolute atomic E-state index is 13.6. The molecule has 1 unspecified atom stereocenters. The van der Waals surface area contributed by atoms with Crippen LogP contribution in [0.2, 0.25) is 0 Å². The first-order valence-electron chi connectivity index (χ1n) is 4.74. The van der Waals surface area contributed by atoms with Gasteiger partial charge in [0, 0.05) is 17.7 Å². The topological polar surface area (TPSA) is 66.8 Å². The van der Waals surface area contributed by atoms with Crippen LogP contribution < -0.4 is 4.74 Å². The summed E-state index contributed by atoms with van der Waals surface area (Å²) in [6, 6.07) is 2.20. The number of benzene rings is 1. The number of halogens is 1. The highest BCUT2D eigenvalue weighted by atomic mass is 19.1. The van der Waals surface area contributed by atoms with Crippen molar-refractivity contribution in [3.05, 3.63) is 23.5 Å². The van der Waals surface area contributed by atoms with E-state index in [9.17, 15) is 14.3 Å². The molecule has 0 aliphatic heterocycles. The average Bonchev–Trinajstić information content (AvgIpc) is 2.14. The van der Waals surface area contributed by atoms with E-state index in [1.807, 2.05) is 0 Å². The molecule has 0 saturated heterocycles. The van der Waals surface area contributed by atoms with Gasteiger partial charge in [-0.05, 0) is 5.92 Å². The first-order chi connectivity index (χ1) is 7.45. The van der Waals surface area contributed by atoms with Crippen LogP contribution >= 0.6 is 0 Å². The second-order valence-electron chi connectivity index (χ2n) is 3.54. The molecule has 88 valence electrons. The Hall–Kier alpha value is -1.78. The van der Waals surface area contributed by atoms with Crippen LogP contribution in [0, 0.1) is 5.82 Å². The minimum atomic E-state index is -1.01. The van der Waals surface area contributed by atoms with E-state index < -0.39 is 17.7 Å². The molecule has 0 radical (unpaired) electrons. The molecule has 1 rings (SSSR count). The summed E-state index contributed by atoms with van der Waals surface area (Å²) in [4.78, 5) is 10.5. The van der Waals surface area contributed by atoms with E-state index in [1.54, 1.807) is 6.92 Å². The van der Waals surface area contributed by atoms with Crippen molar-refractivity contribution in [2.24, 2.45) is 0 Å². The van der Waals surface area contributed by atoms with E-state index in [1.165, 1.54) is 13.2 Å². The first-order valence-corrected chi connectivity index (χ1v) is 4.74. The zero-order chi connectivity index (χ0) is 12.3. The summed E-state index contributed by atoms with van der Waals surface area (Å²) in [6.07, 6.45) is -0.196. The van der Waals surface area contributed by atoms with Gasteiger partial charge in [0.2, 0.25) is 0 Å². The number of rotatable bonds is 4. The Kier molecular flexibility index (Phi) is 3.71. The number of aromatic hydroxyl groups is 1. The molecular weight excluding hydrogens is 215 g/mol. The normalized spacial score (nSPS) is 12.2. The van der Waals surface area contributed by atoms with Crippen LogP contribution in [0.4, 0.5) is 4.39 Å². The zero-order valence-electron chi connectivity index (χ0n) is 9.03. The summed E-state index contributed by atoms with van der Waals surface area (Å²) < 4.78 is 18.5. The molecule has 0 aliphatic carbocycles. The van der Waals surface area contributed by atoms with Gasteiger partial charge in [0.15, 0.2) is 0 Å². The van der Waals surface area contributed by atoms with Crippen molar-refractivity contribution < 1.29 is 24.1 Å². The number of carboxylic acids is 1. The van der Waals surface area contributed by atoms with Gasteiger partial charge < -0.3 is 14.9 Å². The van der Waals surface area contributed by atoms with Crippen LogP contribution in [0.1, 0.15) is 24.8 Å². The molecule has 0 aliphatic rings. The molecule has 1 aromatic rings. The number of phenols is 1. The van der Waals surface area contributed by atoms with Gasteiger partial charge in [-0.3, -0.25) is 4.79 Å². The van der Waals surface area contributed by atoms with Crippen molar-refractivity contribution in [2.75, 3.05) is 7.11 Å². The predicted octanol–water partition coefficient (Wildman–Crippen LogP) is 2.12. The van der Waals surface area contributed by atoms with Crippen molar-refractivity contribution in [1.82, 2.24) is 0 Å². The fourth-order valence-corrected chi connectivity index (χ4v) is 1.59. The Morgan fingerprint density at radius 1 is 1.56 bits per heavy atom. The smallest absolute Gasteiger partial charge is 0.303 e. The Morgan fingerprint density at radius 3 is 2.69 bits per heavy atom. The number of ether oxygens (including phenoxy) is 1. The second kappa shape index (κ2) is 4.83. The van der Waals surface area contributed by atoms with Gasteiger partial charge >= 0.3 is 5.97 Å². The molecule has 0 saturated carbocycles. The lowest BCUT2D eigenvalue weighted by molar-refractivity contribution is -0.137. The van der Waals surface area contributed by atoms with Gasteiger partial charge in [-0.25, -0.2) is 4.39 Å². The number of methoxy groups -OCH3 is 1. The molecule has 0 heterocycles. The van der Waals surface area contributed by atoms with Gasteiger partial charge in [0.05, 0.1) is 13.5 Å². The molecule has 0 bridgehead atoms. The summed E-state index contributed by atoms with van der Waals surface area (Å²) in [5, 5.41) is 17.8. The molecular formula is C11H13FO4. The molecule has 16 heavy (non-hydrogen) atoms. The lowest BCUT2D eigenvalue weighted by Crippen LogP contribution is -2.06. The standard InChI is InChI=1S/C11H13FO4/c1-6(3-10(14)15)11-8(12)4-7(13)5-9(11)16-2/h4-6,13H,3H2,1-2H3,(H,14,15). The molecule has 1 atom stereocenters. The lowest BCUT2D eigenvalue weighted by Gasteiger charge is -2.15. The third-order valence-electron chi connectivity index (χ3n) is 2.27. The minimum absolute atomic E-state index is 0.159. The predicted molar refractivity (Wildman–Crippen MR) is 55.3 cm³/mol. The highest BCUT2D eigenvalue weighted by Crippen LogP contribution is 2.34. The summed E-state index contributed by atoms with van der Waals surface area (Å²) in [7, 11) is 1.34. The first kappa shape index (κ1) is 12.3. The van der Waals surface area contributed by atoms with Crippen molar-refractivity contribution in [1.29, 1.82) is 0 Å². The fraction of sp³-hybridized carbons (Fsp3) is 0.364. The van der Waals surface area contributed by atoms with Gasteiger partial charge in [0.25, 0.3) is 0 Å². The Morgan fingerprint density at radius 2 is 2.19 bits per heavy atom. The van der Waals surface area contributed by atoms with Crippen molar-refractivity contribution in [3.63, 3.8) is 0 Å². The van der Waals surface area contributed by atoms with E-state index in [4.69, 9.17) is 9.84 Å². The SMILES string of the molecule is COc1cc(O)cc(F)c1C(C)CC(=O)O. The molecule has 0 aromatic heterocycles. The largest absolute Gasteiger partial charge is 0.508 e. The van der Waals surface area contributed by atoms with Gasteiger partial charge in [-0.2, -0.15) is 0 Å². The Bertz CT molecular complexity index is 403. The Balaban J connectivity index is 3.15. The van der Waals surface area contributed by atoms with Crippen LogP contribution in [-0.2, 0) is 4.79 Å². The number of phenolic OH excluding ortho intramolecular Hbond substituents is 1. The number of carboxylic acid groups (broad SMARTS) is 1. The van der Waals surface area contributed by atoms with E-state index in [-0.39, 0.29) is 23.5 Å². The van der Waals surface area contributed by atoms with E-state index in [2.05, 4.69) is 0 Å². The van der Waals surface area contributed by atoms with Crippen LogP contribution in [-0.4, -0.2) is 23.3 Å². The van der Waals surface area contributed by atoms with Crippen molar-refractivity contribution >= 4 is 5.97 Å². The molecule has 5 heteroatoms. The van der Waals surface area contributed by atoms with Gasteiger partial charge in [0.1, 0.15) is 17.3 Å². The average molecular weight is 228 g/mol. The van der Waals surface area contributed by atoms with E-state index >= 15 is 0 Å². The van der Waals surface area contributed by atoms with E-state index in [0.29, 0.717) is 0 Å². The molecule has 0 amide bonds. The maximum Gasteiger partial charge on any atom is 0.303 e. The summed E-state index contributed by atoms with van der Waals surface area (Å²) >= 11 is 0. The van der Waals surface area contributed by atoms with Crippen LogP contribution in [0.3, 0.4) is 0 Å². The monoisotopic (exact) mass is 228 g/mol. The Labute approximate surface area is 92.3 Å². The number of carbonyl (C=O) groups is 1. The van der Waals surface area contributed by atoms with Crippen LogP contribution in [0.25, 0.3) is 0 Å². The number of hydrogen-bond acceptors (Lipinski definition) is 3. The summed E-state index contributed by atoms with van der Waals surface area (Å²) in [5.74, 6) is -2.28. The van der Waals surface area contributed by atoms with Crippen LogP contribution in [0.15, 0.2) is 12.1 Å². The summed E-state index contributed by atoms with van der Waals surface area (Å²) in [5.41, 5.74) is 0.169. The van der Waals surface area contributed by atoms with Crippen molar-refractivity contribution in [2.45, 2.75) is 19.3 Å². The van der Waals surface area contributed by atoms with Crippen molar-refractivity contribution in [3.8, 4) is 11.5 Å². The third-order valence-corrected chi connectivity index (χ3v) is 2.27. The molecule has 0 spiro atoms. The molecule has 1 aromatic carbocycles. The molecule has 4 nitrogen and oxygen atoms in total. The number of hydrogen-bond donors (Lipinski definition) is 2. The van der Waals surface area contributed by atoms with Gasteiger partial charge in [-0.1, -0.05) is 6.92 Å². The third kappa shape index (κ3) is 2.62. The zero-order valence-corrected chi connectivity index (χ0v) is 9.03. The highest BCUT2D eigenvalue weighted by molar-refractivity contribution is 5.68. The summed E-state index contributed by atoms with van der Waals surface area (Å²) in [6.45, 7) is 1.59. The minimum Gasteiger partial charge on any atom is -0.508 e. The van der Waals surface area contributed by atoms with Gasteiger partial charge in [-0.15, -0.1) is 0 Å². The number of aliphatic carboxylic acids is 1. The molecule has 2 N–H and O–H groups in total. The molecule has 0 fully saturated rings.